The van der Waals surface area contributed by atoms with E-state index in [0.717, 1.165) is 18.4 Å². The van der Waals surface area contributed by atoms with Gasteiger partial charge in [0.1, 0.15) is 5.54 Å². The zero-order valence-electron chi connectivity index (χ0n) is 15.3. The lowest BCUT2D eigenvalue weighted by atomic mass is 9.92. The van der Waals surface area contributed by atoms with Crippen LogP contribution >= 0.6 is 0 Å². The number of amides is 3. The summed E-state index contributed by atoms with van der Waals surface area (Å²) in [5.41, 5.74) is -1.07. The lowest BCUT2D eigenvalue weighted by Crippen LogP contribution is -2.60. The molecule has 2 rings (SSSR count). The summed E-state index contributed by atoms with van der Waals surface area (Å²) in [6.45, 7) is 3.49. The van der Waals surface area contributed by atoms with Crippen molar-refractivity contribution < 1.29 is 19.5 Å². The van der Waals surface area contributed by atoms with E-state index in [2.05, 4.69) is 16.0 Å². The molecule has 0 bridgehead atoms. The second kappa shape index (κ2) is 8.21. The van der Waals surface area contributed by atoms with E-state index in [0.29, 0.717) is 19.4 Å². The number of rotatable bonds is 7. The van der Waals surface area contributed by atoms with E-state index in [1.165, 1.54) is 0 Å². The Balaban J connectivity index is 1.94. The van der Waals surface area contributed by atoms with Crippen LogP contribution in [0.2, 0.25) is 0 Å². The minimum atomic E-state index is -1.06. The monoisotopic (exact) mass is 361 g/mol. The quantitative estimate of drug-likeness (QED) is 0.596. The number of urea groups is 1. The van der Waals surface area contributed by atoms with Crippen LogP contribution in [-0.2, 0) is 16.1 Å². The van der Waals surface area contributed by atoms with Crippen LogP contribution < -0.4 is 16.0 Å². The number of hydrogen-bond acceptors (Lipinski definition) is 3. The zero-order chi connectivity index (χ0) is 19.2. The number of aliphatic carboxylic acids is 1. The van der Waals surface area contributed by atoms with Gasteiger partial charge in [0.25, 0.3) is 0 Å². The summed E-state index contributed by atoms with van der Waals surface area (Å²) in [6.07, 6.45) is 2.78. The highest BCUT2D eigenvalue weighted by Crippen LogP contribution is 2.30. The molecule has 0 aliphatic heterocycles. The first-order chi connectivity index (χ1) is 12.3. The average Bonchev–Trinajstić information content (AvgIpc) is 3.08. The van der Waals surface area contributed by atoms with Crippen LogP contribution in [0, 0.1) is 5.41 Å². The van der Waals surface area contributed by atoms with Crippen LogP contribution in [0.3, 0.4) is 0 Å². The highest BCUT2D eigenvalue weighted by molar-refractivity contribution is 5.91. The summed E-state index contributed by atoms with van der Waals surface area (Å²) in [6, 6.07) is 9.11. The maximum atomic E-state index is 12.7. The van der Waals surface area contributed by atoms with Gasteiger partial charge in [-0.05, 0) is 32.3 Å². The Morgan fingerprint density at radius 1 is 1.08 bits per heavy atom. The molecule has 1 aliphatic rings. The smallest absolute Gasteiger partial charge is 0.315 e. The van der Waals surface area contributed by atoms with Crippen LogP contribution in [0.25, 0.3) is 0 Å². The Kier molecular flexibility index (Phi) is 6.23. The van der Waals surface area contributed by atoms with E-state index in [-0.39, 0.29) is 12.5 Å². The molecule has 0 atom stereocenters. The van der Waals surface area contributed by atoms with E-state index >= 15 is 0 Å². The van der Waals surface area contributed by atoms with Crippen molar-refractivity contribution in [2.24, 2.45) is 5.41 Å². The number of carbonyl (C=O) groups is 3. The van der Waals surface area contributed by atoms with Crippen molar-refractivity contribution >= 4 is 17.9 Å². The number of carbonyl (C=O) groups excluding carboxylic acids is 2. The Morgan fingerprint density at radius 3 is 2.27 bits per heavy atom. The largest absolute Gasteiger partial charge is 0.481 e. The molecule has 26 heavy (non-hydrogen) atoms. The Labute approximate surface area is 153 Å². The van der Waals surface area contributed by atoms with Crippen LogP contribution in [-0.4, -0.2) is 35.1 Å². The van der Waals surface area contributed by atoms with Crippen molar-refractivity contribution in [2.75, 3.05) is 6.54 Å². The summed E-state index contributed by atoms with van der Waals surface area (Å²) in [7, 11) is 0. The van der Waals surface area contributed by atoms with Gasteiger partial charge in [0.15, 0.2) is 0 Å². The van der Waals surface area contributed by atoms with Crippen LogP contribution in [0.1, 0.15) is 45.1 Å². The van der Waals surface area contributed by atoms with Crippen LogP contribution in [0.5, 0.6) is 0 Å². The molecule has 0 radical (unpaired) electrons. The van der Waals surface area contributed by atoms with Gasteiger partial charge in [-0.1, -0.05) is 43.2 Å². The van der Waals surface area contributed by atoms with Crippen molar-refractivity contribution in [2.45, 2.75) is 51.6 Å². The van der Waals surface area contributed by atoms with E-state index in [4.69, 9.17) is 0 Å². The van der Waals surface area contributed by atoms with Crippen LogP contribution in [0.15, 0.2) is 30.3 Å². The summed E-state index contributed by atoms with van der Waals surface area (Å²) in [5, 5.41) is 17.5. The minimum Gasteiger partial charge on any atom is -0.481 e. The van der Waals surface area contributed by atoms with E-state index in [1.807, 2.05) is 30.3 Å². The Bertz CT molecular complexity index is 652. The van der Waals surface area contributed by atoms with Crippen molar-refractivity contribution in [3.63, 3.8) is 0 Å². The van der Waals surface area contributed by atoms with Gasteiger partial charge >= 0.3 is 12.0 Å². The first kappa shape index (κ1) is 19.8. The van der Waals surface area contributed by atoms with Crippen molar-refractivity contribution in [3.05, 3.63) is 35.9 Å². The SMILES string of the molecule is CC(C)(CNC(=O)C1(NC(=O)NCc2ccccc2)CCCC1)C(=O)O. The molecule has 1 aromatic rings. The van der Waals surface area contributed by atoms with Gasteiger partial charge in [0.2, 0.25) is 5.91 Å². The molecule has 0 saturated heterocycles. The highest BCUT2D eigenvalue weighted by Gasteiger charge is 2.43. The third kappa shape index (κ3) is 4.97. The van der Waals surface area contributed by atoms with Gasteiger partial charge in [0, 0.05) is 13.1 Å². The predicted octanol–water partition coefficient (Wildman–Crippen LogP) is 2.03. The molecule has 0 aromatic heterocycles. The first-order valence-electron chi connectivity index (χ1n) is 8.87. The lowest BCUT2D eigenvalue weighted by molar-refractivity contribution is -0.147. The zero-order valence-corrected chi connectivity index (χ0v) is 15.3. The molecule has 1 saturated carbocycles. The molecule has 0 unspecified atom stereocenters. The van der Waals surface area contributed by atoms with Gasteiger partial charge < -0.3 is 21.1 Å². The maximum absolute atomic E-state index is 12.7. The molecule has 1 fully saturated rings. The highest BCUT2D eigenvalue weighted by atomic mass is 16.4. The second-order valence-electron chi connectivity index (χ2n) is 7.45. The van der Waals surface area contributed by atoms with E-state index < -0.39 is 23.0 Å². The lowest BCUT2D eigenvalue weighted by Gasteiger charge is -2.30. The van der Waals surface area contributed by atoms with E-state index in [1.54, 1.807) is 13.8 Å². The molecule has 7 nitrogen and oxygen atoms in total. The summed E-state index contributed by atoms with van der Waals surface area (Å²) >= 11 is 0. The average molecular weight is 361 g/mol. The predicted molar refractivity (Wildman–Crippen MR) is 97.4 cm³/mol. The Hall–Kier alpha value is -2.57. The van der Waals surface area contributed by atoms with E-state index in [9.17, 15) is 19.5 Å². The summed E-state index contributed by atoms with van der Waals surface area (Å²) < 4.78 is 0. The molecule has 3 amide bonds. The first-order valence-corrected chi connectivity index (χ1v) is 8.87. The van der Waals surface area contributed by atoms with Crippen LogP contribution in [0.4, 0.5) is 4.79 Å². The molecule has 0 spiro atoms. The minimum absolute atomic E-state index is 0.0101. The Morgan fingerprint density at radius 2 is 1.69 bits per heavy atom. The van der Waals surface area contributed by atoms with Gasteiger partial charge in [0.05, 0.1) is 5.41 Å². The fourth-order valence-corrected chi connectivity index (χ4v) is 2.97. The topological polar surface area (TPSA) is 108 Å². The van der Waals surface area contributed by atoms with Crippen molar-refractivity contribution in [3.8, 4) is 0 Å². The molecular weight excluding hydrogens is 334 g/mol. The summed E-state index contributed by atoms with van der Waals surface area (Å²) in [5.74, 6) is -1.30. The van der Waals surface area contributed by atoms with Gasteiger partial charge in [-0.2, -0.15) is 0 Å². The molecule has 1 aliphatic carbocycles. The van der Waals surface area contributed by atoms with Gasteiger partial charge in [-0.3, -0.25) is 9.59 Å². The van der Waals surface area contributed by atoms with Crippen molar-refractivity contribution in [1.29, 1.82) is 0 Å². The molecular formula is C19H27N3O4. The maximum Gasteiger partial charge on any atom is 0.315 e. The standard InChI is InChI=1S/C19H27N3O4/c1-18(2,16(24)25)13-21-15(23)19(10-6-7-11-19)22-17(26)20-12-14-8-4-3-5-9-14/h3-5,8-9H,6-7,10-13H2,1-2H3,(H,21,23)(H,24,25)(H2,20,22,26). The molecule has 7 heteroatoms. The van der Waals surface area contributed by atoms with Gasteiger partial charge in [-0.25, -0.2) is 4.79 Å². The molecule has 142 valence electrons. The summed E-state index contributed by atoms with van der Waals surface area (Å²) in [4.78, 5) is 36.2. The fourth-order valence-electron chi connectivity index (χ4n) is 2.97. The second-order valence-corrected chi connectivity index (χ2v) is 7.45. The molecule has 1 aromatic carbocycles. The molecule has 4 N–H and O–H groups in total. The normalized spacial score (nSPS) is 15.9. The third-order valence-electron chi connectivity index (χ3n) is 4.81. The number of hydrogen-bond donors (Lipinski definition) is 4. The third-order valence-corrected chi connectivity index (χ3v) is 4.81. The fraction of sp³-hybridized carbons (Fsp3) is 0.526. The molecule has 0 heterocycles. The number of carboxylic acid groups (broad SMARTS) is 1. The number of carboxylic acids is 1. The van der Waals surface area contributed by atoms with Gasteiger partial charge in [-0.15, -0.1) is 0 Å². The number of nitrogens with one attached hydrogen (secondary N) is 3. The van der Waals surface area contributed by atoms with Crippen molar-refractivity contribution in [1.82, 2.24) is 16.0 Å². The number of benzene rings is 1.